The van der Waals surface area contributed by atoms with E-state index in [1.807, 2.05) is 31.0 Å². The molecule has 0 radical (unpaired) electrons. The van der Waals surface area contributed by atoms with E-state index >= 15 is 0 Å². The second-order valence-corrected chi connectivity index (χ2v) is 5.26. The maximum absolute atomic E-state index is 13.0. The van der Waals surface area contributed by atoms with Gasteiger partial charge in [-0.05, 0) is 36.8 Å². The van der Waals surface area contributed by atoms with Crippen molar-refractivity contribution in [1.82, 2.24) is 15.2 Å². The Labute approximate surface area is 142 Å². The van der Waals surface area contributed by atoms with Gasteiger partial charge in [0, 0.05) is 26.3 Å². The van der Waals surface area contributed by atoms with Gasteiger partial charge in [0.05, 0.1) is 12.7 Å². The SMILES string of the molecule is CCNC(=NCCOc1cccnc1)N(C)Cc1ccc(F)cc1. The van der Waals surface area contributed by atoms with Crippen LogP contribution in [0.1, 0.15) is 12.5 Å². The molecule has 0 bridgehead atoms. The maximum Gasteiger partial charge on any atom is 0.194 e. The zero-order valence-electron chi connectivity index (χ0n) is 14.1. The Bertz CT molecular complexity index is 631. The Morgan fingerprint density at radius 2 is 2.08 bits per heavy atom. The number of hydrogen-bond donors (Lipinski definition) is 1. The molecular formula is C18H23FN4O. The molecule has 0 unspecified atom stereocenters. The zero-order chi connectivity index (χ0) is 17.2. The number of nitrogens with zero attached hydrogens (tertiary/aromatic N) is 3. The van der Waals surface area contributed by atoms with Crippen molar-refractivity contribution in [2.75, 3.05) is 26.7 Å². The molecule has 24 heavy (non-hydrogen) atoms. The minimum atomic E-state index is -0.227. The van der Waals surface area contributed by atoms with Crippen LogP contribution in [0.3, 0.4) is 0 Å². The van der Waals surface area contributed by atoms with Gasteiger partial charge in [-0.15, -0.1) is 0 Å². The van der Waals surface area contributed by atoms with Crippen molar-refractivity contribution in [2.45, 2.75) is 13.5 Å². The number of nitrogens with one attached hydrogen (secondary N) is 1. The fourth-order valence-corrected chi connectivity index (χ4v) is 2.16. The highest BCUT2D eigenvalue weighted by atomic mass is 19.1. The number of halogens is 1. The van der Waals surface area contributed by atoms with Gasteiger partial charge in [-0.3, -0.25) is 4.98 Å². The lowest BCUT2D eigenvalue weighted by Gasteiger charge is -2.22. The van der Waals surface area contributed by atoms with E-state index in [-0.39, 0.29) is 5.82 Å². The fourth-order valence-electron chi connectivity index (χ4n) is 2.16. The number of guanidine groups is 1. The maximum atomic E-state index is 13.0. The van der Waals surface area contributed by atoms with Gasteiger partial charge in [-0.1, -0.05) is 12.1 Å². The molecule has 1 aromatic carbocycles. The minimum absolute atomic E-state index is 0.227. The molecule has 1 heterocycles. The molecule has 0 fully saturated rings. The molecule has 128 valence electrons. The predicted molar refractivity (Wildman–Crippen MR) is 93.6 cm³/mol. The summed E-state index contributed by atoms with van der Waals surface area (Å²) in [6.45, 7) is 4.45. The zero-order valence-corrected chi connectivity index (χ0v) is 14.1. The van der Waals surface area contributed by atoms with Crippen LogP contribution in [0, 0.1) is 5.82 Å². The van der Waals surface area contributed by atoms with Gasteiger partial charge in [0.2, 0.25) is 0 Å². The lowest BCUT2D eigenvalue weighted by atomic mass is 10.2. The number of aliphatic imine (C=N–C) groups is 1. The second kappa shape index (κ2) is 9.50. The van der Waals surface area contributed by atoms with Crippen LogP contribution >= 0.6 is 0 Å². The van der Waals surface area contributed by atoms with Crippen molar-refractivity contribution in [2.24, 2.45) is 4.99 Å². The number of pyridine rings is 1. The molecule has 0 amide bonds. The highest BCUT2D eigenvalue weighted by Gasteiger charge is 2.06. The highest BCUT2D eigenvalue weighted by molar-refractivity contribution is 5.79. The van der Waals surface area contributed by atoms with E-state index in [9.17, 15) is 4.39 Å². The van der Waals surface area contributed by atoms with Crippen LogP contribution in [0.2, 0.25) is 0 Å². The van der Waals surface area contributed by atoms with Gasteiger partial charge in [0.25, 0.3) is 0 Å². The molecule has 1 aromatic heterocycles. The summed E-state index contributed by atoms with van der Waals surface area (Å²) in [5, 5.41) is 3.25. The second-order valence-electron chi connectivity index (χ2n) is 5.26. The molecule has 2 aromatic rings. The lowest BCUT2D eigenvalue weighted by Crippen LogP contribution is -2.38. The van der Waals surface area contributed by atoms with Gasteiger partial charge in [-0.25, -0.2) is 9.38 Å². The normalized spacial score (nSPS) is 11.2. The van der Waals surface area contributed by atoms with E-state index < -0.39 is 0 Å². The van der Waals surface area contributed by atoms with Crippen molar-refractivity contribution in [3.8, 4) is 5.75 Å². The molecule has 1 N–H and O–H groups in total. The molecule has 0 spiro atoms. The van der Waals surface area contributed by atoms with Crippen LogP contribution in [-0.4, -0.2) is 42.6 Å². The largest absolute Gasteiger partial charge is 0.490 e. The summed E-state index contributed by atoms with van der Waals surface area (Å²) >= 11 is 0. The summed E-state index contributed by atoms with van der Waals surface area (Å²) in [7, 11) is 1.95. The monoisotopic (exact) mass is 330 g/mol. The lowest BCUT2D eigenvalue weighted by molar-refractivity contribution is 0.326. The molecule has 0 aliphatic heterocycles. The fraction of sp³-hybridized carbons (Fsp3) is 0.333. The molecular weight excluding hydrogens is 307 g/mol. The number of hydrogen-bond acceptors (Lipinski definition) is 3. The number of benzene rings is 1. The standard InChI is InChI=1S/C18H23FN4O/c1-3-21-18(22-11-12-24-17-5-4-10-20-13-17)23(2)14-15-6-8-16(19)9-7-15/h4-10,13H,3,11-12,14H2,1-2H3,(H,21,22). The molecule has 0 saturated heterocycles. The number of ether oxygens (including phenoxy) is 1. The first-order valence-electron chi connectivity index (χ1n) is 7.95. The molecule has 2 rings (SSSR count). The van der Waals surface area contributed by atoms with E-state index in [0.717, 1.165) is 23.8 Å². The average Bonchev–Trinajstić information content (AvgIpc) is 2.60. The average molecular weight is 330 g/mol. The molecule has 0 aliphatic carbocycles. The number of aromatic nitrogens is 1. The van der Waals surface area contributed by atoms with Gasteiger partial charge in [0.1, 0.15) is 18.2 Å². The summed E-state index contributed by atoms with van der Waals surface area (Å²) < 4.78 is 18.6. The molecule has 0 aliphatic rings. The van der Waals surface area contributed by atoms with Crippen LogP contribution < -0.4 is 10.1 Å². The Hall–Kier alpha value is -2.63. The predicted octanol–water partition coefficient (Wildman–Crippen LogP) is 2.70. The third-order valence-electron chi connectivity index (χ3n) is 3.29. The molecule has 0 atom stereocenters. The van der Waals surface area contributed by atoms with Crippen LogP contribution in [0.4, 0.5) is 4.39 Å². The van der Waals surface area contributed by atoms with Crippen LogP contribution in [0.25, 0.3) is 0 Å². The Morgan fingerprint density at radius 1 is 1.29 bits per heavy atom. The van der Waals surface area contributed by atoms with E-state index in [0.29, 0.717) is 19.7 Å². The van der Waals surface area contributed by atoms with Gasteiger partial charge in [-0.2, -0.15) is 0 Å². The highest BCUT2D eigenvalue weighted by Crippen LogP contribution is 2.07. The molecule has 6 heteroatoms. The summed E-state index contributed by atoms with van der Waals surface area (Å²) in [5.41, 5.74) is 1.02. The summed E-state index contributed by atoms with van der Waals surface area (Å²) in [6, 6.07) is 10.2. The van der Waals surface area contributed by atoms with Crippen molar-refractivity contribution in [1.29, 1.82) is 0 Å². The Morgan fingerprint density at radius 3 is 2.75 bits per heavy atom. The summed E-state index contributed by atoms with van der Waals surface area (Å²) in [4.78, 5) is 10.6. The van der Waals surface area contributed by atoms with Gasteiger partial charge < -0.3 is 15.0 Å². The Balaban J connectivity index is 1.87. The first kappa shape index (κ1) is 17.7. The van der Waals surface area contributed by atoms with E-state index in [2.05, 4.69) is 15.3 Å². The van der Waals surface area contributed by atoms with E-state index in [1.165, 1.54) is 12.1 Å². The minimum Gasteiger partial charge on any atom is -0.490 e. The summed E-state index contributed by atoms with van der Waals surface area (Å²) in [6.07, 6.45) is 3.38. The third-order valence-corrected chi connectivity index (χ3v) is 3.29. The van der Waals surface area contributed by atoms with E-state index in [4.69, 9.17) is 4.74 Å². The molecule has 5 nitrogen and oxygen atoms in total. The quantitative estimate of drug-likeness (QED) is 0.482. The van der Waals surface area contributed by atoms with Crippen molar-refractivity contribution >= 4 is 5.96 Å². The van der Waals surface area contributed by atoms with Crippen molar-refractivity contribution in [3.63, 3.8) is 0 Å². The third kappa shape index (κ3) is 5.87. The van der Waals surface area contributed by atoms with Crippen LogP contribution in [0.15, 0.2) is 53.8 Å². The van der Waals surface area contributed by atoms with Crippen molar-refractivity contribution in [3.05, 3.63) is 60.2 Å². The smallest absolute Gasteiger partial charge is 0.194 e. The molecule has 0 saturated carbocycles. The van der Waals surface area contributed by atoms with Crippen LogP contribution in [-0.2, 0) is 6.54 Å². The number of rotatable bonds is 7. The van der Waals surface area contributed by atoms with Gasteiger partial charge >= 0.3 is 0 Å². The van der Waals surface area contributed by atoms with E-state index in [1.54, 1.807) is 24.5 Å². The topological polar surface area (TPSA) is 49.8 Å². The first-order valence-corrected chi connectivity index (χ1v) is 7.95. The summed E-state index contributed by atoms with van der Waals surface area (Å²) in [5.74, 6) is 1.29. The van der Waals surface area contributed by atoms with Gasteiger partial charge in [0.15, 0.2) is 5.96 Å². The first-order chi connectivity index (χ1) is 11.7. The van der Waals surface area contributed by atoms with Crippen LogP contribution in [0.5, 0.6) is 5.75 Å². The Kier molecular flexibility index (Phi) is 7.01. The van der Waals surface area contributed by atoms with Crippen molar-refractivity contribution < 1.29 is 9.13 Å².